The van der Waals surface area contributed by atoms with Gasteiger partial charge in [-0.05, 0) is 28.3 Å². The monoisotopic (exact) mass is 480 g/mol. The molecule has 2 N–H and O–H groups in total. The minimum Gasteiger partial charge on any atom is -0.314 e. The Morgan fingerprint density at radius 3 is 2.08 bits per heavy atom. The van der Waals surface area contributed by atoms with Gasteiger partial charge in [-0.1, -0.05) is 84.9 Å². The molecule has 8 heteroatoms. The summed E-state index contributed by atoms with van der Waals surface area (Å²) in [7, 11) is 0. The van der Waals surface area contributed by atoms with Gasteiger partial charge >= 0.3 is 6.03 Å². The van der Waals surface area contributed by atoms with E-state index >= 15 is 0 Å². The minimum atomic E-state index is -1.49. The number of nitrogens with one attached hydrogen (secondary N) is 2. The fourth-order valence-corrected chi connectivity index (χ4v) is 4.82. The summed E-state index contributed by atoms with van der Waals surface area (Å²) in [6, 6.07) is 24.0. The van der Waals surface area contributed by atoms with Crippen molar-refractivity contribution in [3.05, 3.63) is 113 Å². The molecular weight excluding hydrogens is 456 g/mol. The van der Waals surface area contributed by atoms with Crippen molar-refractivity contribution in [1.82, 2.24) is 20.7 Å². The van der Waals surface area contributed by atoms with E-state index in [2.05, 4.69) is 10.7 Å². The van der Waals surface area contributed by atoms with Gasteiger partial charge < -0.3 is 10.2 Å². The molecule has 2 aliphatic rings. The lowest BCUT2D eigenvalue weighted by Gasteiger charge is -2.32. The van der Waals surface area contributed by atoms with Crippen LogP contribution in [-0.2, 0) is 19.9 Å². The molecule has 3 aromatic carbocycles. The number of urea groups is 1. The maximum absolute atomic E-state index is 13.8. The summed E-state index contributed by atoms with van der Waals surface area (Å²) in [6.45, 7) is 1.43. The van der Waals surface area contributed by atoms with E-state index in [4.69, 9.17) is 0 Å². The highest BCUT2D eigenvalue weighted by Crippen LogP contribution is 2.36. The second kappa shape index (κ2) is 9.14. The third-order valence-corrected chi connectivity index (χ3v) is 6.52. The molecule has 8 nitrogen and oxygen atoms in total. The van der Waals surface area contributed by atoms with Crippen molar-refractivity contribution in [1.29, 1.82) is 0 Å². The Hall–Kier alpha value is -4.72. The van der Waals surface area contributed by atoms with Gasteiger partial charge in [0.2, 0.25) is 11.8 Å². The third kappa shape index (κ3) is 3.82. The van der Waals surface area contributed by atoms with Crippen molar-refractivity contribution in [2.24, 2.45) is 0 Å². The zero-order chi connectivity index (χ0) is 25.3. The first-order chi connectivity index (χ1) is 17.4. The minimum absolute atomic E-state index is 0.137. The van der Waals surface area contributed by atoms with Gasteiger partial charge in [-0.3, -0.25) is 19.8 Å². The predicted molar refractivity (Wildman–Crippen MR) is 133 cm³/mol. The molecule has 2 aliphatic heterocycles. The third-order valence-electron chi connectivity index (χ3n) is 6.52. The molecule has 180 valence electrons. The number of hydrazine groups is 1. The predicted octanol–water partition coefficient (Wildman–Crippen LogP) is 3.48. The average Bonchev–Trinajstić information content (AvgIpc) is 3.15. The second-order valence-corrected chi connectivity index (χ2v) is 8.68. The Morgan fingerprint density at radius 2 is 1.47 bits per heavy atom. The largest absolute Gasteiger partial charge is 0.344 e. The van der Waals surface area contributed by atoms with Gasteiger partial charge in [-0.2, -0.15) is 5.01 Å². The number of carbonyl (C=O) groups is 4. The van der Waals surface area contributed by atoms with Crippen LogP contribution < -0.4 is 10.7 Å². The van der Waals surface area contributed by atoms with Gasteiger partial charge in [0, 0.05) is 13.1 Å². The van der Waals surface area contributed by atoms with Crippen LogP contribution in [0.5, 0.6) is 0 Å². The zero-order valence-corrected chi connectivity index (χ0v) is 19.5. The highest BCUT2D eigenvalue weighted by molar-refractivity contribution is 6.10. The Balaban J connectivity index is 1.43. The van der Waals surface area contributed by atoms with Gasteiger partial charge in [-0.15, -0.1) is 0 Å². The smallest absolute Gasteiger partial charge is 0.314 e. The molecule has 0 radical (unpaired) electrons. The number of hydrogen-bond acceptors (Lipinski definition) is 4. The fourth-order valence-electron chi connectivity index (χ4n) is 4.82. The molecule has 0 aromatic heterocycles. The Labute approximate surface area is 208 Å². The van der Waals surface area contributed by atoms with Crippen LogP contribution in [0.1, 0.15) is 41.6 Å². The van der Waals surface area contributed by atoms with Gasteiger partial charge in [0.05, 0.1) is 12.5 Å². The van der Waals surface area contributed by atoms with E-state index in [-0.39, 0.29) is 12.3 Å². The van der Waals surface area contributed by atoms with Crippen LogP contribution in [0.15, 0.2) is 91.1 Å². The van der Waals surface area contributed by atoms with Crippen LogP contribution in [0.25, 0.3) is 6.08 Å². The van der Waals surface area contributed by atoms with Crippen LogP contribution >= 0.6 is 0 Å². The van der Waals surface area contributed by atoms with E-state index in [1.165, 1.54) is 11.8 Å². The second-order valence-electron chi connectivity index (χ2n) is 8.68. The number of nitrogens with zero attached hydrogens (tertiary/aromatic N) is 2. The topological polar surface area (TPSA) is 98.8 Å². The molecular formula is C28H24N4O4. The van der Waals surface area contributed by atoms with Gasteiger partial charge in [0.15, 0.2) is 5.54 Å². The highest BCUT2D eigenvalue weighted by atomic mass is 16.2. The lowest BCUT2D eigenvalue weighted by Crippen LogP contribution is -2.49. The summed E-state index contributed by atoms with van der Waals surface area (Å²) >= 11 is 0. The van der Waals surface area contributed by atoms with Crippen LogP contribution in [0.2, 0.25) is 0 Å². The van der Waals surface area contributed by atoms with Crippen LogP contribution in [-0.4, -0.2) is 33.7 Å². The molecule has 0 spiro atoms. The molecule has 1 saturated heterocycles. The quantitative estimate of drug-likeness (QED) is 0.547. The molecule has 3 aromatic rings. The van der Waals surface area contributed by atoms with Crippen molar-refractivity contribution >= 4 is 29.8 Å². The van der Waals surface area contributed by atoms with Crippen LogP contribution in [0.3, 0.4) is 0 Å². The lowest BCUT2D eigenvalue weighted by molar-refractivity contribution is -0.139. The molecule has 1 fully saturated rings. The number of fused-ring (bicyclic) bond motifs is 1. The number of benzene rings is 3. The van der Waals surface area contributed by atoms with Gasteiger partial charge in [-0.25, -0.2) is 4.79 Å². The highest BCUT2D eigenvalue weighted by Gasteiger charge is 2.54. The Kier molecular flexibility index (Phi) is 5.85. The molecule has 0 unspecified atom stereocenters. The van der Waals surface area contributed by atoms with E-state index < -0.39 is 29.4 Å². The number of imide groups is 1. The fraction of sp³-hybridized carbons (Fsp3) is 0.143. The molecule has 0 saturated carbocycles. The first-order valence-corrected chi connectivity index (χ1v) is 11.5. The number of carbonyl (C=O) groups excluding carboxylic acids is 4. The SMILES string of the molecule is CC(=O)N1C=Cc2ccccc2[C@@H]1CC(=O)NN1C(=O)NC(c2ccccc2)(c2ccccc2)C1=O. The molecule has 5 amide bonds. The van der Waals surface area contributed by atoms with Gasteiger partial charge in [0.25, 0.3) is 5.91 Å². The van der Waals surface area contributed by atoms with Gasteiger partial charge in [0.1, 0.15) is 0 Å². The molecule has 1 atom stereocenters. The maximum Gasteiger partial charge on any atom is 0.344 e. The first-order valence-electron chi connectivity index (χ1n) is 11.5. The summed E-state index contributed by atoms with van der Waals surface area (Å²) in [5.41, 5.74) is 3.84. The van der Waals surface area contributed by atoms with Crippen molar-refractivity contribution < 1.29 is 19.2 Å². The molecule has 0 aliphatic carbocycles. The summed E-state index contributed by atoms with van der Waals surface area (Å²) in [6.07, 6.45) is 3.32. The summed E-state index contributed by atoms with van der Waals surface area (Å²) < 4.78 is 0. The van der Waals surface area contributed by atoms with Crippen molar-refractivity contribution in [2.75, 3.05) is 0 Å². The van der Waals surface area contributed by atoms with Crippen LogP contribution in [0, 0.1) is 0 Å². The Bertz CT molecular complexity index is 1330. The first kappa shape index (κ1) is 23.0. The average molecular weight is 481 g/mol. The normalized spacial score (nSPS) is 18.0. The molecule has 2 heterocycles. The van der Waals surface area contributed by atoms with Crippen molar-refractivity contribution in [3.63, 3.8) is 0 Å². The van der Waals surface area contributed by atoms with Crippen molar-refractivity contribution in [3.8, 4) is 0 Å². The van der Waals surface area contributed by atoms with Crippen molar-refractivity contribution in [2.45, 2.75) is 24.9 Å². The van der Waals surface area contributed by atoms with E-state index in [1.807, 2.05) is 42.5 Å². The molecule has 0 bridgehead atoms. The molecule has 36 heavy (non-hydrogen) atoms. The Morgan fingerprint density at radius 1 is 0.889 bits per heavy atom. The van der Waals surface area contributed by atoms with Crippen LogP contribution in [0.4, 0.5) is 4.79 Å². The standard InChI is InChI=1S/C28H24N4O4/c1-19(33)31-17-16-20-10-8-9-15-23(20)24(31)18-25(34)30-32-26(35)28(29-27(32)36,21-11-4-2-5-12-21)22-13-6-3-7-14-22/h2-17,24H,18H2,1H3,(H,29,36)(H,30,34)/t24-/m0/s1. The van der Waals surface area contributed by atoms with E-state index in [9.17, 15) is 19.2 Å². The summed E-state index contributed by atoms with van der Waals surface area (Å²) in [4.78, 5) is 53.8. The number of hydrogen-bond donors (Lipinski definition) is 2. The summed E-state index contributed by atoms with van der Waals surface area (Å²) in [5.74, 6) is -1.41. The number of rotatable bonds is 5. The van der Waals surface area contributed by atoms with E-state index in [0.717, 1.165) is 16.1 Å². The lowest BCUT2D eigenvalue weighted by atomic mass is 9.83. The molecule has 5 rings (SSSR count). The van der Waals surface area contributed by atoms with E-state index in [0.29, 0.717) is 11.1 Å². The number of amides is 5. The maximum atomic E-state index is 13.8. The zero-order valence-electron chi connectivity index (χ0n) is 19.5. The summed E-state index contributed by atoms with van der Waals surface area (Å²) in [5, 5.41) is 3.53. The van der Waals surface area contributed by atoms with E-state index in [1.54, 1.807) is 54.7 Å².